The van der Waals surface area contributed by atoms with Gasteiger partial charge in [-0.1, -0.05) is 22.0 Å². The first kappa shape index (κ1) is 14.5. The second-order valence-corrected chi connectivity index (χ2v) is 5.80. The molecule has 1 amide bonds. The van der Waals surface area contributed by atoms with E-state index in [0.29, 0.717) is 11.5 Å². The van der Waals surface area contributed by atoms with Crippen molar-refractivity contribution < 1.29 is 4.79 Å². The van der Waals surface area contributed by atoms with E-state index < -0.39 is 0 Å². The molecule has 0 fully saturated rings. The van der Waals surface area contributed by atoms with Crippen molar-refractivity contribution in [3.63, 3.8) is 0 Å². The predicted molar refractivity (Wildman–Crippen MR) is 87.3 cm³/mol. The summed E-state index contributed by atoms with van der Waals surface area (Å²) in [7, 11) is 0. The third-order valence-electron chi connectivity index (χ3n) is 3.39. The number of carbonyl (C=O) groups is 1. The number of anilines is 1. The predicted octanol–water partition coefficient (Wildman–Crippen LogP) is 3.23. The van der Waals surface area contributed by atoms with Crippen molar-refractivity contribution in [3.05, 3.63) is 58.1 Å². The van der Waals surface area contributed by atoms with Gasteiger partial charge in [-0.2, -0.15) is 10.1 Å². The Hall–Kier alpha value is -2.41. The largest absolute Gasteiger partial charge is 0.318 e. The zero-order valence-corrected chi connectivity index (χ0v) is 13.7. The summed E-state index contributed by atoms with van der Waals surface area (Å²) in [6.45, 7) is 3.89. The van der Waals surface area contributed by atoms with E-state index in [0.717, 1.165) is 21.5 Å². The number of aryl methyl sites for hydroxylation is 1. The Balaban J connectivity index is 1.98. The lowest BCUT2D eigenvalue weighted by atomic mass is 10.2. The lowest BCUT2D eigenvalue weighted by molar-refractivity contribution is 0.102. The van der Waals surface area contributed by atoms with Crippen molar-refractivity contribution in [2.45, 2.75) is 13.8 Å². The molecule has 0 bridgehead atoms. The standard InChI is InChI=1S/C15H14BrN5O/c1-9-6-13(14(22)19-15-17-8-18-20-15)10(2)21(9)12-5-3-4-11(16)7-12/h3-8H,1-2H3,(H2,17,18,19,20,22). The number of hydrogen-bond acceptors (Lipinski definition) is 3. The molecule has 0 spiro atoms. The second kappa shape index (κ2) is 5.76. The molecule has 22 heavy (non-hydrogen) atoms. The van der Waals surface area contributed by atoms with E-state index in [1.165, 1.54) is 6.33 Å². The lowest BCUT2D eigenvalue weighted by Gasteiger charge is -2.10. The molecular formula is C15H14BrN5O. The molecule has 2 N–H and O–H groups in total. The highest BCUT2D eigenvalue weighted by Crippen LogP contribution is 2.23. The summed E-state index contributed by atoms with van der Waals surface area (Å²) in [6, 6.07) is 9.81. The van der Waals surface area contributed by atoms with Gasteiger partial charge < -0.3 is 4.57 Å². The monoisotopic (exact) mass is 359 g/mol. The quantitative estimate of drug-likeness (QED) is 0.753. The molecule has 0 unspecified atom stereocenters. The summed E-state index contributed by atoms with van der Waals surface area (Å²) in [5.74, 6) is 0.114. The summed E-state index contributed by atoms with van der Waals surface area (Å²) in [4.78, 5) is 16.3. The van der Waals surface area contributed by atoms with Gasteiger partial charge in [0.1, 0.15) is 6.33 Å². The molecular weight excluding hydrogens is 346 g/mol. The van der Waals surface area contributed by atoms with Crippen LogP contribution >= 0.6 is 15.9 Å². The SMILES string of the molecule is Cc1cc(C(=O)Nc2ncn[nH]2)c(C)n1-c1cccc(Br)c1. The van der Waals surface area contributed by atoms with E-state index in [1.807, 2.05) is 48.7 Å². The molecule has 0 radical (unpaired) electrons. The first-order chi connectivity index (χ1) is 10.6. The Kier molecular flexibility index (Phi) is 3.81. The summed E-state index contributed by atoms with van der Waals surface area (Å²) in [5, 5.41) is 9.01. The summed E-state index contributed by atoms with van der Waals surface area (Å²) in [6.07, 6.45) is 1.35. The van der Waals surface area contributed by atoms with Crippen LogP contribution in [0.4, 0.5) is 5.95 Å². The number of benzene rings is 1. The molecule has 2 aromatic heterocycles. The minimum Gasteiger partial charge on any atom is -0.318 e. The van der Waals surface area contributed by atoms with Gasteiger partial charge >= 0.3 is 0 Å². The summed E-state index contributed by atoms with van der Waals surface area (Å²) >= 11 is 3.47. The van der Waals surface area contributed by atoms with Crippen LogP contribution in [0, 0.1) is 13.8 Å². The van der Waals surface area contributed by atoms with E-state index in [4.69, 9.17) is 0 Å². The third kappa shape index (κ3) is 2.67. The van der Waals surface area contributed by atoms with Crippen molar-refractivity contribution in [3.8, 4) is 5.69 Å². The molecule has 0 atom stereocenters. The highest BCUT2D eigenvalue weighted by atomic mass is 79.9. The minimum atomic E-state index is -0.217. The Morgan fingerprint density at radius 2 is 2.14 bits per heavy atom. The topological polar surface area (TPSA) is 75.6 Å². The van der Waals surface area contributed by atoms with Crippen LogP contribution in [-0.4, -0.2) is 25.7 Å². The number of H-pyrrole nitrogens is 1. The van der Waals surface area contributed by atoms with Gasteiger partial charge in [0.05, 0.1) is 5.56 Å². The van der Waals surface area contributed by atoms with Crippen molar-refractivity contribution in [1.82, 2.24) is 19.7 Å². The maximum atomic E-state index is 12.4. The Morgan fingerprint density at radius 1 is 1.32 bits per heavy atom. The summed E-state index contributed by atoms with van der Waals surface area (Å²) < 4.78 is 3.03. The van der Waals surface area contributed by atoms with E-state index >= 15 is 0 Å². The van der Waals surface area contributed by atoms with Crippen molar-refractivity contribution in [1.29, 1.82) is 0 Å². The van der Waals surface area contributed by atoms with E-state index in [-0.39, 0.29) is 5.91 Å². The van der Waals surface area contributed by atoms with E-state index in [9.17, 15) is 4.79 Å². The minimum absolute atomic E-state index is 0.217. The highest BCUT2D eigenvalue weighted by molar-refractivity contribution is 9.10. The molecule has 112 valence electrons. The maximum absolute atomic E-state index is 12.4. The molecule has 0 aliphatic rings. The van der Waals surface area contributed by atoms with Gasteiger partial charge in [-0.3, -0.25) is 10.1 Å². The third-order valence-corrected chi connectivity index (χ3v) is 3.88. The highest BCUT2D eigenvalue weighted by Gasteiger charge is 2.17. The van der Waals surface area contributed by atoms with E-state index in [2.05, 4.69) is 36.4 Å². The Morgan fingerprint density at radius 3 is 2.82 bits per heavy atom. The van der Waals surface area contributed by atoms with Crippen LogP contribution in [0.1, 0.15) is 21.7 Å². The van der Waals surface area contributed by atoms with Gasteiger partial charge in [0.2, 0.25) is 5.95 Å². The number of hydrogen-bond donors (Lipinski definition) is 2. The maximum Gasteiger partial charge on any atom is 0.259 e. The first-order valence-corrected chi connectivity index (χ1v) is 7.47. The fourth-order valence-corrected chi connectivity index (χ4v) is 2.83. The van der Waals surface area contributed by atoms with Gasteiger partial charge in [-0.25, -0.2) is 5.10 Å². The number of rotatable bonds is 3. The Labute approximate surface area is 135 Å². The van der Waals surface area contributed by atoms with Gasteiger partial charge in [-0.15, -0.1) is 0 Å². The van der Waals surface area contributed by atoms with Crippen LogP contribution in [0.2, 0.25) is 0 Å². The van der Waals surface area contributed by atoms with Crippen molar-refractivity contribution in [2.75, 3.05) is 5.32 Å². The second-order valence-electron chi connectivity index (χ2n) is 4.89. The molecule has 3 aromatic rings. The number of amides is 1. The zero-order chi connectivity index (χ0) is 15.7. The molecule has 1 aromatic carbocycles. The van der Waals surface area contributed by atoms with Crippen molar-refractivity contribution >= 4 is 27.8 Å². The van der Waals surface area contributed by atoms with Crippen LogP contribution in [0.15, 0.2) is 41.1 Å². The molecule has 7 heteroatoms. The molecule has 2 heterocycles. The number of aromatic amines is 1. The van der Waals surface area contributed by atoms with Crippen LogP contribution in [0.25, 0.3) is 5.69 Å². The number of halogens is 1. The lowest BCUT2D eigenvalue weighted by Crippen LogP contribution is -2.14. The molecule has 0 aliphatic carbocycles. The fraction of sp³-hybridized carbons (Fsp3) is 0.133. The van der Waals surface area contributed by atoms with Crippen LogP contribution < -0.4 is 5.32 Å². The van der Waals surface area contributed by atoms with Gasteiger partial charge in [0, 0.05) is 21.5 Å². The number of carbonyl (C=O) groups excluding carboxylic acids is 1. The fourth-order valence-electron chi connectivity index (χ4n) is 2.45. The molecule has 0 saturated carbocycles. The van der Waals surface area contributed by atoms with Crippen molar-refractivity contribution in [2.24, 2.45) is 0 Å². The van der Waals surface area contributed by atoms with Gasteiger partial charge in [0.25, 0.3) is 5.91 Å². The molecule has 0 aliphatic heterocycles. The molecule has 0 saturated heterocycles. The molecule has 3 rings (SSSR count). The van der Waals surface area contributed by atoms with Gasteiger partial charge in [0.15, 0.2) is 0 Å². The van der Waals surface area contributed by atoms with E-state index in [1.54, 1.807) is 0 Å². The zero-order valence-electron chi connectivity index (χ0n) is 12.1. The summed E-state index contributed by atoms with van der Waals surface area (Å²) in [5.41, 5.74) is 3.46. The number of nitrogens with zero attached hydrogens (tertiary/aromatic N) is 3. The Bertz CT molecular complexity index is 823. The van der Waals surface area contributed by atoms with Crippen LogP contribution in [0.5, 0.6) is 0 Å². The normalized spacial score (nSPS) is 10.7. The number of nitrogens with one attached hydrogen (secondary N) is 2. The van der Waals surface area contributed by atoms with Gasteiger partial charge in [-0.05, 0) is 38.1 Å². The average molecular weight is 360 g/mol. The van der Waals surface area contributed by atoms with Crippen LogP contribution in [-0.2, 0) is 0 Å². The molecule has 6 nitrogen and oxygen atoms in total. The smallest absolute Gasteiger partial charge is 0.259 e. The number of aromatic nitrogens is 4. The first-order valence-electron chi connectivity index (χ1n) is 6.68. The average Bonchev–Trinajstić information content (AvgIpc) is 3.07. The van der Waals surface area contributed by atoms with Crippen LogP contribution in [0.3, 0.4) is 0 Å².